The van der Waals surface area contributed by atoms with Gasteiger partial charge in [-0.25, -0.2) is 8.78 Å². The first-order valence-electron chi connectivity index (χ1n) is 8.47. The number of alkyl halides is 3. The molecule has 2 rings (SSSR count). The molecule has 0 heterocycles. The van der Waals surface area contributed by atoms with Crippen molar-refractivity contribution in [2.45, 2.75) is 57.5 Å². The molecule has 0 radical (unpaired) electrons. The topological polar surface area (TPSA) is 0 Å². The summed E-state index contributed by atoms with van der Waals surface area (Å²) in [5.41, 5.74) is -1.50. The van der Waals surface area contributed by atoms with Crippen molar-refractivity contribution in [2.24, 2.45) is 11.8 Å². The number of aryl methyl sites for hydroxylation is 1. The predicted octanol–water partition coefficient (Wildman–Crippen LogP) is 6.69. The molecule has 0 amide bonds. The highest BCUT2D eigenvalue weighted by atomic mass is 19.4. The van der Waals surface area contributed by atoms with Crippen LogP contribution in [0.15, 0.2) is 24.8 Å². The Kier molecular flexibility index (Phi) is 6.41. The third kappa shape index (κ3) is 5.05. The summed E-state index contributed by atoms with van der Waals surface area (Å²) in [6.45, 7) is 3.73. The van der Waals surface area contributed by atoms with E-state index in [2.05, 4.69) is 6.58 Å². The smallest absolute Gasteiger partial charge is 0.206 e. The molecule has 0 aromatic heterocycles. The molecule has 0 saturated heterocycles. The van der Waals surface area contributed by atoms with Crippen molar-refractivity contribution >= 4 is 0 Å². The maximum Gasteiger partial charge on any atom is 0.422 e. The van der Waals surface area contributed by atoms with Gasteiger partial charge in [-0.15, -0.1) is 6.58 Å². The van der Waals surface area contributed by atoms with Gasteiger partial charge in [0, 0.05) is 0 Å². The van der Waals surface area contributed by atoms with Gasteiger partial charge in [-0.05, 0) is 55.2 Å². The molecule has 5 heteroatoms. The maximum atomic E-state index is 13.6. The number of hydrogen-bond acceptors (Lipinski definition) is 0. The molecule has 1 aromatic rings. The largest absolute Gasteiger partial charge is 0.422 e. The molecule has 0 unspecified atom stereocenters. The van der Waals surface area contributed by atoms with Crippen LogP contribution in [0.2, 0.25) is 0 Å². The molecule has 1 aliphatic carbocycles. The molecule has 0 atom stereocenters. The van der Waals surface area contributed by atoms with Crippen molar-refractivity contribution in [3.05, 3.63) is 47.5 Å². The third-order valence-corrected chi connectivity index (χ3v) is 4.97. The predicted molar refractivity (Wildman–Crippen MR) is 84.6 cm³/mol. The van der Waals surface area contributed by atoms with E-state index in [1.165, 1.54) is 0 Å². The van der Waals surface area contributed by atoms with Crippen molar-refractivity contribution in [3.63, 3.8) is 0 Å². The average molecular weight is 346 g/mol. The summed E-state index contributed by atoms with van der Waals surface area (Å²) in [5.74, 6) is -1.84. The Bertz CT molecular complexity index is 530. The molecule has 134 valence electrons. The van der Waals surface area contributed by atoms with Gasteiger partial charge in [-0.1, -0.05) is 31.8 Å². The standard InChI is InChI=1S/C19H23F5/c1-2-3-4-13-5-7-14(8-6-13)9-10-15-11-16(20)18(17(21)12-15)19(22,23)24/h2,11-14H,1,3-10H2/t13-,14-. The first kappa shape index (κ1) is 18.9. The Labute approximate surface area is 139 Å². The second-order valence-corrected chi connectivity index (χ2v) is 6.72. The lowest BCUT2D eigenvalue weighted by Gasteiger charge is -2.28. The Morgan fingerprint density at radius 3 is 1.92 bits per heavy atom. The summed E-state index contributed by atoms with van der Waals surface area (Å²) in [5, 5.41) is 0. The second-order valence-electron chi connectivity index (χ2n) is 6.72. The highest BCUT2D eigenvalue weighted by molar-refractivity contribution is 5.28. The van der Waals surface area contributed by atoms with Crippen molar-refractivity contribution in [2.75, 3.05) is 0 Å². The second kappa shape index (κ2) is 8.13. The van der Waals surface area contributed by atoms with Gasteiger partial charge in [-0.3, -0.25) is 0 Å². The summed E-state index contributed by atoms with van der Waals surface area (Å²) < 4.78 is 64.8. The first-order chi connectivity index (χ1) is 11.3. The highest BCUT2D eigenvalue weighted by Crippen LogP contribution is 2.36. The molecule has 1 saturated carbocycles. The van der Waals surface area contributed by atoms with Gasteiger partial charge < -0.3 is 0 Å². The third-order valence-electron chi connectivity index (χ3n) is 4.97. The zero-order valence-corrected chi connectivity index (χ0v) is 13.6. The maximum absolute atomic E-state index is 13.6. The lowest BCUT2D eigenvalue weighted by atomic mass is 9.78. The first-order valence-corrected chi connectivity index (χ1v) is 8.47. The van der Waals surface area contributed by atoms with Crippen LogP contribution in [-0.2, 0) is 12.6 Å². The van der Waals surface area contributed by atoms with Gasteiger partial charge in [-0.2, -0.15) is 13.2 Å². The fraction of sp³-hybridized carbons (Fsp3) is 0.579. The van der Waals surface area contributed by atoms with Crippen LogP contribution in [0.1, 0.15) is 56.1 Å². The molecule has 0 nitrogen and oxygen atoms in total. The Morgan fingerprint density at radius 2 is 1.46 bits per heavy atom. The summed E-state index contributed by atoms with van der Waals surface area (Å²) in [4.78, 5) is 0. The van der Waals surface area contributed by atoms with Gasteiger partial charge in [0.25, 0.3) is 0 Å². The van der Waals surface area contributed by atoms with Crippen molar-refractivity contribution in [1.82, 2.24) is 0 Å². The summed E-state index contributed by atoms with van der Waals surface area (Å²) in [6, 6.07) is 1.64. The SMILES string of the molecule is C=CCC[C@H]1CC[C@H](CCc2cc(F)c(C(F)(F)F)c(F)c2)CC1. The van der Waals surface area contributed by atoms with Crippen LogP contribution in [0.5, 0.6) is 0 Å². The van der Waals surface area contributed by atoms with Gasteiger partial charge in [0.05, 0.1) is 0 Å². The Morgan fingerprint density at radius 1 is 0.958 bits per heavy atom. The monoisotopic (exact) mass is 346 g/mol. The fourth-order valence-electron chi connectivity index (χ4n) is 3.57. The van der Waals surface area contributed by atoms with Gasteiger partial charge in [0.15, 0.2) is 0 Å². The molecule has 24 heavy (non-hydrogen) atoms. The molecule has 0 spiro atoms. The van der Waals surface area contributed by atoms with E-state index in [1.54, 1.807) is 0 Å². The zero-order valence-electron chi connectivity index (χ0n) is 13.6. The number of rotatable bonds is 6. The molecule has 0 N–H and O–H groups in total. The molecular weight excluding hydrogens is 323 g/mol. The van der Waals surface area contributed by atoms with E-state index in [0.717, 1.165) is 63.0 Å². The van der Waals surface area contributed by atoms with E-state index in [0.29, 0.717) is 17.9 Å². The van der Waals surface area contributed by atoms with Crippen LogP contribution in [0.3, 0.4) is 0 Å². The summed E-state index contributed by atoms with van der Waals surface area (Å²) in [7, 11) is 0. The number of allylic oxidation sites excluding steroid dienone is 1. The molecule has 0 bridgehead atoms. The minimum Gasteiger partial charge on any atom is -0.206 e. The fourth-order valence-corrected chi connectivity index (χ4v) is 3.57. The van der Waals surface area contributed by atoms with Crippen LogP contribution in [-0.4, -0.2) is 0 Å². The minimum atomic E-state index is -5.00. The van der Waals surface area contributed by atoms with Crippen LogP contribution in [0.4, 0.5) is 22.0 Å². The molecular formula is C19H23F5. The van der Waals surface area contributed by atoms with E-state index >= 15 is 0 Å². The zero-order chi connectivity index (χ0) is 17.7. The Balaban J connectivity index is 1.88. The van der Waals surface area contributed by atoms with Gasteiger partial charge in [0.1, 0.15) is 17.2 Å². The van der Waals surface area contributed by atoms with Crippen molar-refractivity contribution < 1.29 is 22.0 Å². The average Bonchev–Trinajstić information content (AvgIpc) is 2.50. The van der Waals surface area contributed by atoms with Crippen LogP contribution >= 0.6 is 0 Å². The molecule has 1 aliphatic rings. The summed E-state index contributed by atoms with van der Waals surface area (Å²) >= 11 is 0. The van der Waals surface area contributed by atoms with Crippen LogP contribution < -0.4 is 0 Å². The van der Waals surface area contributed by atoms with Gasteiger partial charge in [0.2, 0.25) is 0 Å². The summed E-state index contributed by atoms with van der Waals surface area (Å²) in [6.07, 6.45) is 4.73. The number of hydrogen-bond donors (Lipinski definition) is 0. The van der Waals surface area contributed by atoms with E-state index in [4.69, 9.17) is 0 Å². The van der Waals surface area contributed by atoms with E-state index in [9.17, 15) is 22.0 Å². The molecule has 0 aliphatic heterocycles. The normalized spacial score (nSPS) is 21.7. The number of benzene rings is 1. The Hall–Kier alpha value is -1.39. The minimum absolute atomic E-state index is 0.298. The van der Waals surface area contributed by atoms with Crippen LogP contribution in [0, 0.1) is 23.5 Å². The lowest BCUT2D eigenvalue weighted by molar-refractivity contribution is -0.142. The van der Waals surface area contributed by atoms with Crippen molar-refractivity contribution in [1.29, 1.82) is 0 Å². The lowest BCUT2D eigenvalue weighted by Crippen LogP contribution is -2.15. The van der Waals surface area contributed by atoms with E-state index in [1.807, 2.05) is 6.08 Å². The molecule has 1 fully saturated rings. The molecule has 1 aromatic carbocycles. The van der Waals surface area contributed by atoms with E-state index < -0.39 is 23.4 Å². The highest BCUT2D eigenvalue weighted by Gasteiger charge is 2.37. The quantitative estimate of drug-likeness (QED) is 0.398. The number of halogens is 5. The van der Waals surface area contributed by atoms with Crippen LogP contribution in [0.25, 0.3) is 0 Å². The van der Waals surface area contributed by atoms with Gasteiger partial charge >= 0.3 is 6.18 Å². The van der Waals surface area contributed by atoms with E-state index in [-0.39, 0.29) is 0 Å². The van der Waals surface area contributed by atoms with Crippen molar-refractivity contribution in [3.8, 4) is 0 Å².